The molecular weight excluding hydrogens is 455 g/mol. The molecule has 4 rings (SSSR count). The molecule has 2 N–H and O–H groups in total. The zero-order valence-corrected chi connectivity index (χ0v) is 16.9. The third-order valence-corrected chi connectivity index (χ3v) is 5.93. The van der Waals surface area contributed by atoms with E-state index in [9.17, 15) is 23.1 Å². The predicted octanol–water partition coefficient (Wildman–Crippen LogP) is 3.26. The number of rotatable bonds is 2. The van der Waals surface area contributed by atoms with Crippen LogP contribution >= 0.6 is 15.9 Å². The van der Waals surface area contributed by atoms with Crippen molar-refractivity contribution in [3.63, 3.8) is 0 Å². The molecule has 29 heavy (non-hydrogen) atoms. The largest absolute Gasteiger partial charge is 0.396 e. The lowest BCUT2D eigenvalue weighted by Crippen LogP contribution is -2.39. The number of aliphatic hydroxyl groups excluding tert-OH is 1. The summed E-state index contributed by atoms with van der Waals surface area (Å²) in [4.78, 5) is 17.7. The number of carbonyl (C=O) groups is 1. The first-order valence-electron chi connectivity index (χ1n) is 9.24. The molecule has 156 valence electrons. The van der Waals surface area contributed by atoms with Crippen molar-refractivity contribution < 1.29 is 23.1 Å². The van der Waals surface area contributed by atoms with Crippen LogP contribution in [0.15, 0.2) is 16.9 Å². The average Bonchev–Trinajstić information content (AvgIpc) is 3.00. The maximum atomic E-state index is 14.9. The second kappa shape index (κ2) is 7.60. The van der Waals surface area contributed by atoms with Gasteiger partial charge in [0.05, 0.1) is 17.9 Å². The number of nitrogens with zero attached hydrogens (tertiary/aromatic N) is 4. The van der Waals surface area contributed by atoms with Crippen LogP contribution in [0.2, 0.25) is 0 Å². The minimum Gasteiger partial charge on any atom is -0.396 e. The highest BCUT2D eigenvalue weighted by molar-refractivity contribution is 9.10. The van der Waals surface area contributed by atoms with E-state index in [0.29, 0.717) is 30.6 Å². The fourth-order valence-corrected chi connectivity index (χ4v) is 4.23. The number of fused-ring (bicyclic) bond motifs is 3. The maximum Gasteiger partial charge on any atom is 0.322 e. The van der Waals surface area contributed by atoms with Gasteiger partial charge in [-0.15, -0.1) is 0 Å². The van der Waals surface area contributed by atoms with E-state index in [1.807, 2.05) is 0 Å². The Bertz CT molecular complexity index is 952. The lowest BCUT2D eigenvalue weighted by atomic mass is 9.95. The van der Waals surface area contributed by atoms with Crippen LogP contribution in [0.1, 0.15) is 29.8 Å². The molecule has 11 heteroatoms. The Kier molecular flexibility index (Phi) is 5.28. The Labute approximate surface area is 173 Å². The summed E-state index contributed by atoms with van der Waals surface area (Å²) in [7, 11) is 0. The van der Waals surface area contributed by atoms with Crippen molar-refractivity contribution in [2.75, 3.05) is 18.5 Å². The SMILES string of the molecule is O=C(Nc1ccnc(Br)c1F)N1CCc2nn3c(c2C1)C(F)(F)CC(CO)CC3. The summed E-state index contributed by atoms with van der Waals surface area (Å²) >= 11 is 2.96. The summed E-state index contributed by atoms with van der Waals surface area (Å²) in [6, 6.07) is 0.737. The van der Waals surface area contributed by atoms with Crippen molar-refractivity contribution in [2.24, 2.45) is 5.92 Å². The van der Waals surface area contributed by atoms with Crippen LogP contribution in [-0.2, 0) is 25.4 Å². The first-order chi connectivity index (χ1) is 13.8. The smallest absolute Gasteiger partial charge is 0.322 e. The average molecular weight is 474 g/mol. The molecule has 0 radical (unpaired) electrons. The van der Waals surface area contributed by atoms with Crippen LogP contribution in [-0.4, -0.2) is 44.0 Å². The minimum absolute atomic E-state index is 0.0312. The Morgan fingerprint density at radius 3 is 2.97 bits per heavy atom. The van der Waals surface area contributed by atoms with Gasteiger partial charge in [0.1, 0.15) is 10.3 Å². The van der Waals surface area contributed by atoms with Crippen LogP contribution in [0.3, 0.4) is 0 Å². The second-order valence-corrected chi connectivity index (χ2v) is 8.06. The number of carbonyl (C=O) groups excluding carboxylic acids is 1. The Morgan fingerprint density at radius 2 is 2.21 bits per heavy atom. The van der Waals surface area contributed by atoms with Crippen molar-refractivity contribution in [3.05, 3.63) is 39.6 Å². The Hall–Kier alpha value is -2.14. The quantitative estimate of drug-likeness (QED) is 0.655. The van der Waals surface area contributed by atoms with Crippen LogP contribution in [0.25, 0.3) is 0 Å². The highest BCUT2D eigenvalue weighted by Crippen LogP contribution is 2.42. The van der Waals surface area contributed by atoms with E-state index < -0.39 is 30.1 Å². The molecule has 0 bridgehead atoms. The normalized spacial score (nSPS) is 20.6. The van der Waals surface area contributed by atoms with Crippen LogP contribution < -0.4 is 5.32 Å². The highest BCUT2D eigenvalue weighted by Gasteiger charge is 2.44. The summed E-state index contributed by atoms with van der Waals surface area (Å²) in [5, 5.41) is 16.1. The molecule has 2 aliphatic heterocycles. The summed E-state index contributed by atoms with van der Waals surface area (Å²) < 4.78 is 45.2. The van der Waals surface area contributed by atoms with Gasteiger partial charge in [0, 0.05) is 44.3 Å². The molecule has 0 saturated heterocycles. The first kappa shape index (κ1) is 20.1. The fraction of sp³-hybridized carbons (Fsp3) is 0.500. The third kappa shape index (κ3) is 3.73. The number of pyridine rings is 1. The number of amides is 2. The summed E-state index contributed by atoms with van der Waals surface area (Å²) in [6.45, 7) is 0.244. The number of aryl methyl sites for hydroxylation is 1. The van der Waals surface area contributed by atoms with E-state index >= 15 is 0 Å². The van der Waals surface area contributed by atoms with Gasteiger partial charge in [-0.3, -0.25) is 4.68 Å². The van der Waals surface area contributed by atoms with Gasteiger partial charge in [0.15, 0.2) is 5.82 Å². The number of alkyl halides is 2. The van der Waals surface area contributed by atoms with Crippen molar-refractivity contribution in [1.82, 2.24) is 19.7 Å². The van der Waals surface area contributed by atoms with Gasteiger partial charge in [-0.05, 0) is 34.3 Å². The Morgan fingerprint density at radius 1 is 1.41 bits per heavy atom. The summed E-state index contributed by atoms with van der Waals surface area (Å²) in [5.41, 5.74) is 0.668. The van der Waals surface area contributed by atoms with E-state index in [1.54, 1.807) is 0 Å². The van der Waals surface area contributed by atoms with Crippen LogP contribution in [0.5, 0.6) is 0 Å². The molecule has 2 amide bonds. The topological polar surface area (TPSA) is 83.3 Å². The third-order valence-electron chi connectivity index (χ3n) is 5.38. The number of aliphatic hydroxyl groups is 1. The molecular formula is C18H19BrF3N5O2. The number of halogens is 4. The lowest BCUT2D eigenvalue weighted by molar-refractivity contribution is -0.0385. The first-order valence-corrected chi connectivity index (χ1v) is 10.0. The van der Waals surface area contributed by atoms with Crippen molar-refractivity contribution >= 4 is 27.6 Å². The molecule has 2 aromatic heterocycles. The zero-order chi connectivity index (χ0) is 20.8. The maximum absolute atomic E-state index is 14.9. The molecule has 2 aliphatic rings. The molecule has 1 unspecified atom stereocenters. The molecule has 0 aliphatic carbocycles. The molecule has 0 fully saturated rings. The van der Waals surface area contributed by atoms with Crippen LogP contribution in [0, 0.1) is 11.7 Å². The van der Waals surface area contributed by atoms with E-state index in [0.717, 1.165) is 0 Å². The predicted molar refractivity (Wildman–Crippen MR) is 101 cm³/mol. The van der Waals surface area contributed by atoms with Gasteiger partial charge in [-0.25, -0.2) is 14.2 Å². The van der Waals surface area contributed by atoms with E-state index in [2.05, 4.69) is 31.3 Å². The minimum atomic E-state index is -3.15. The molecule has 0 saturated carbocycles. The number of anilines is 1. The number of urea groups is 1. The molecule has 2 aromatic rings. The van der Waals surface area contributed by atoms with Gasteiger partial charge in [-0.1, -0.05) is 0 Å². The molecule has 0 spiro atoms. The van der Waals surface area contributed by atoms with E-state index in [1.165, 1.54) is 21.8 Å². The molecule has 4 heterocycles. The standard InChI is InChI=1S/C18H19BrF3N5O2/c19-16-14(20)13(1-4-23-16)24-17(29)26-5-3-12-11(8-26)15-18(21,22)7-10(9-28)2-6-27(15)25-12/h1,4,10,28H,2-3,5-9H2,(H,23,24,29). The van der Waals surface area contributed by atoms with Crippen molar-refractivity contribution in [2.45, 2.75) is 38.3 Å². The molecule has 7 nitrogen and oxygen atoms in total. The van der Waals surface area contributed by atoms with E-state index in [4.69, 9.17) is 0 Å². The zero-order valence-electron chi connectivity index (χ0n) is 15.3. The van der Waals surface area contributed by atoms with Gasteiger partial charge in [0.25, 0.3) is 5.92 Å². The number of hydrogen-bond acceptors (Lipinski definition) is 4. The number of hydrogen-bond donors (Lipinski definition) is 2. The lowest BCUT2D eigenvalue weighted by Gasteiger charge is -2.28. The summed E-state index contributed by atoms with van der Waals surface area (Å²) in [6.07, 6.45) is 1.64. The number of nitrogens with one attached hydrogen (secondary N) is 1. The van der Waals surface area contributed by atoms with Gasteiger partial charge < -0.3 is 15.3 Å². The van der Waals surface area contributed by atoms with Gasteiger partial charge in [-0.2, -0.15) is 13.9 Å². The van der Waals surface area contributed by atoms with Gasteiger partial charge >= 0.3 is 6.03 Å². The highest BCUT2D eigenvalue weighted by atomic mass is 79.9. The van der Waals surface area contributed by atoms with Crippen LogP contribution in [0.4, 0.5) is 23.7 Å². The summed E-state index contributed by atoms with van der Waals surface area (Å²) in [5.74, 6) is -4.36. The monoisotopic (exact) mass is 473 g/mol. The number of aromatic nitrogens is 3. The fourth-order valence-electron chi connectivity index (χ4n) is 3.90. The van der Waals surface area contributed by atoms with Gasteiger partial charge in [0.2, 0.25) is 0 Å². The van der Waals surface area contributed by atoms with Crippen molar-refractivity contribution in [1.29, 1.82) is 0 Å². The second-order valence-electron chi connectivity index (χ2n) is 7.31. The Balaban J connectivity index is 1.58. The molecule has 1 atom stereocenters. The van der Waals surface area contributed by atoms with Crippen molar-refractivity contribution in [3.8, 4) is 0 Å². The van der Waals surface area contributed by atoms with E-state index in [-0.39, 0.29) is 35.7 Å². The molecule has 0 aromatic carbocycles.